The van der Waals surface area contributed by atoms with Gasteiger partial charge in [0.25, 0.3) is 5.91 Å². The Bertz CT molecular complexity index is 882. The Morgan fingerprint density at radius 3 is 2.80 bits per heavy atom. The van der Waals surface area contributed by atoms with Crippen molar-refractivity contribution in [3.8, 4) is 0 Å². The summed E-state index contributed by atoms with van der Waals surface area (Å²) in [5, 5.41) is 2.00. The maximum atomic E-state index is 13.2. The number of carbonyl (C=O) groups is 1. The number of piperidine rings is 1. The van der Waals surface area contributed by atoms with Crippen LogP contribution >= 0.6 is 0 Å². The number of likely N-dealkylation sites (tertiary alicyclic amines) is 1. The van der Waals surface area contributed by atoms with Crippen molar-refractivity contribution in [2.45, 2.75) is 50.5 Å². The van der Waals surface area contributed by atoms with Crippen LogP contribution in [0.1, 0.15) is 55.4 Å². The van der Waals surface area contributed by atoms with E-state index in [0.717, 1.165) is 81.7 Å². The number of nitrogens with zero attached hydrogens (tertiary/aromatic N) is 2. The third-order valence-electron chi connectivity index (χ3n) is 7.15. The van der Waals surface area contributed by atoms with Crippen LogP contribution in [0.25, 0.3) is 10.8 Å². The van der Waals surface area contributed by atoms with E-state index in [2.05, 4.69) is 4.98 Å². The van der Waals surface area contributed by atoms with Gasteiger partial charge in [-0.3, -0.25) is 9.78 Å². The summed E-state index contributed by atoms with van der Waals surface area (Å²) < 4.78 is 12.2. The van der Waals surface area contributed by atoms with Crippen LogP contribution in [0, 0.1) is 11.8 Å². The second kappa shape index (κ2) is 8.64. The molecule has 0 N–H and O–H groups in total. The van der Waals surface area contributed by atoms with Crippen molar-refractivity contribution in [1.82, 2.24) is 9.88 Å². The molecule has 30 heavy (non-hydrogen) atoms. The number of benzene rings is 1. The molecule has 3 heterocycles. The minimum atomic E-state index is -0.0532. The summed E-state index contributed by atoms with van der Waals surface area (Å²) in [7, 11) is 0. The molecular formula is C25H32N2O3. The molecule has 1 unspecified atom stereocenters. The summed E-state index contributed by atoms with van der Waals surface area (Å²) in [6.45, 7) is 4.16. The van der Waals surface area contributed by atoms with Crippen LogP contribution in [-0.4, -0.2) is 54.3 Å². The van der Waals surface area contributed by atoms with E-state index in [1.165, 1.54) is 12.8 Å². The first-order valence-corrected chi connectivity index (χ1v) is 11.6. The summed E-state index contributed by atoms with van der Waals surface area (Å²) in [6.07, 6.45) is 9.66. The molecule has 0 bridgehead atoms. The van der Waals surface area contributed by atoms with E-state index in [9.17, 15) is 4.79 Å². The normalized spacial score (nSPS) is 23.7. The van der Waals surface area contributed by atoms with Crippen LogP contribution in [0.3, 0.4) is 0 Å². The Labute approximate surface area is 178 Å². The molecule has 1 spiro atoms. The van der Waals surface area contributed by atoms with E-state index in [0.29, 0.717) is 11.6 Å². The van der Waals surface area contributed by atoms with Gasteiger partial charge in [-0.05, 0) is 68.2 Å². The predicted octanol–water partition coefficient (Wildman–Crippen LogP) is 4.45. The molecule has 2 aromatic rings. The van der Waals surface area contributed by atoms with Gasteiger partial charge in [0.2, 0.25) is 0 Å². The maximum Gasteiger partial charge on any atom is 0.273 e. The molecule has 1 aromatic carbocycles. The lowest BCUT2D eigenvalue weighted by molar-refractivity contribution is -0.126. The van der Waals surface area contributed by atoms with Crippen LogP contribution in [0.15, 0.2) is 36.5 Å². The molecule has 2 saturated heterocycles. The topological polar surface area (TPSA) is 51.7 Å². The number of ether oxygens (including phenoxy) is 2. The highest BCUT2D eigenvalue weighted by molar-refractivity contribution is 6.05. The van der Waals surface area contributed by atoms with Crippen LogP contribution in [-0.2, 0) is 9.47 Å². The molecule has 1 aliphatic carbocycles. The smallest absolute Gasteiger partial charge is 0.273 e. The van der Waals surface area contributed by atoms with E-state index in [1.54, 1.807) is 6.20 Å². The Morgan fingerprint density at radius 2 is 1.97 bits per heavy atom. The summed E-state index contributed by atoms with van der Waals surface area (Å²) >= 11 is 0. The minimum absolute atomic E-state index is 0.0440. The van der Waals surface area contributed by atoms with Crippen molar-refractivity contribution < 1.29 is 14.3 Å². The quantitative estimate of drug-likeness (QED) is 0.663. The Hall–Kier alpha value is -1.98. The predicted molar refractivity (Wildman–Crippen MR) is 116 cm³/mol. The first kappa shape index (κ1) is 20.0. The van der Waals surface area contributed by atoms with Gasteiger partial charge in [-0.2, -0.15) is 0 Å². The fourth-order valence-electron chi connectivity index (χ4n) is 5.07. The Morgan fingerprint density at radius 1 is 1.13 bits per heavy atom. The standard InChI is InChI=1S/C25H32N2O3/c28-24(23-22-4-2-1-3-21(22)7-12-26-23)27-13-10-25(11-14-27)17-19(9-16-30-25)8-15-29-18-20-5-6-20/h1-4,7,12,19-20H,5-6,8-11,13-18H2. The van der Waals surface area contributed by atoms with Gasteiger partial charge in [0.05, 0.1) is 5.60 Å². The molecule has 2 aliphatic heterocycles. The molecule has 5 heteroatoms. The van der Waals surface area contributed by atoms with Gasteiger partial charge in [0.15, 0.2) is 0 Å². The summed E-state index contributed by atoms with van der Waals surface area (Å²) in [4.78, 5) is 19.6. The van der Waals surface area contributed by atoms with Crippen molar-refractivity contribution >= 4 is 16.7 Å². The van der Waals surface area contributed by atoms with Gasteiger partial charge in [-0.1, -0.05) is 24.3 Å². The van der Waals surface area contributed by atoms with Crippen molar-refractivity contribution in [3.05, 3.63) is 42.2 Å². The zero-order valence-corrected chi connectivity index (χ0v) is 17.7. The third kappa shape index (κ3) is 4.37. The zero-order valence-electron chi connectivity index (χ0n) is 17.7. The largest absolute Gasteiger partial charge is 0.381 e. The molecule has 3 fully saturated rings. The first-order valence-electron chi connectivity index (χ1n) is 11.6. The number of pyridine rings is 1. The molecule has 3 aliphatic rings. The lowest BCUT2D eigenvalue weighted by Crippen LogP contribution is -2.51. The SMILES string of the molecule is O=C(c1nccc2ccccc12)N1CCC2(CC1)CC(CCOCC1CC1)CCO2. The number of carbonyl (C=O) groups excluding carboxylic acids is 1. The number of hydrogen-bond acceptors (Lipinski definition) is 4. The molecule has 1 aromatic heterocycles. The van der Waals surface area contributed by atoms with Crippen LogP contribution in [0.4, 0.5) is 0 Å². The van der Waals surface area contributed by atoms with E-state index >= 15 is 0 Å². The average Bonchev–Trinajstić information content (AvgIpc) is 3.61. The van der Waals surface area contributed by atoms with Gasteiger partial charge >= 0.3 is 0 Å². The summed E-state index contributed by atoms with van der Waals surface area (Å²) in [5.74, 6) is 1.56. The van der Waals surface area contributed by atoms with Crippen LogP contribution < -0.4 is 0 Å². The fourth-order valence-corrected chi connectivity index (χ4v) is 5.07. The van der Waals surface area contributed by atoms with Crippen LogP contribution in [0.2, 0.25) is 0 Å². The van der Waals surface area contributed by atoms with Crippen molar-refractivity contribution in [2.24, 2.45) is 11.8 Å². The van der Waals surface area contributed by atoms with Gasteiger partial charge in [-0.15, -0.1) is 0 Å². The molecule has 1 amide bonds. The van der Waals surface area contributed by atoms with E-state index in [1.807, 2.05) is 35.2 Å². The van der Waals surface area contributed by atoms with Gasteiger partial charge in [-0.25, -0.2) is 0 Å². The lowest BCUT2D eigenvalue weighted by atomic mass is 9.78. The molecule has 5 nitrogen and oxygen atoms in total. The highest BCUT2D eigenvalue weighted by Gasteiger charge is 2.41. The lowest BCUT2D eigenvalue weighted by Gasteiger charge is -2.46. The molecule has 5 rings (SSSR count). The molecule has 0 radical (unpaired) electrons. The first-order chi connectivity index (χ1) is 14.7. The Kier molecular flexibility index (Phi) is 5.74. The molecule has 1 saturated carbocycles. The average molecular weight is 409 g/mol. The van der Waals surface area contributed by atoms with Crippen molar-refractivity contribution in [2.75, 3.05) is 32.9 Å². The zero-order chi connectivity index (χ0) is 20.4. The third-order valence-corrected chi connectivity index (χ3v) is 7.15. The highest BCUT2D eigenvalue weighted by atomic mass is 16.5. The second-order valence-electron chi connectivity index (χ2n) is 9.37. The van der Waals surface area contributed by atoms with E-state index < -0.39 is 0 Å². The number of hydrogen-bond donors (Lipinski definition) is 0. The van der Waals surface area contributed by atoms with Gasteiger partial charge in [0, 0.05) is 44.5 Å². The molecule has 160 valence electrons. The van der Waals surface area contributed by atoms with Crippen LogP contribution in [0.5, 0.6) is 0 Å². The fraction of sp³-hybridized carbons (Fsp3) is 0.600. The highest BCUT2D eigenvalue weighted by Crippen LogP contribution is 2.39. The number of aromatic nitrogens is 1. The van der Waals surface area contributed by atoms with E-state index in [-0.39, 0.29) is 11.5 Å². The van der Waals surface area contributed by atoms with Gasteiger partial charge in [0.1, 0.15) is 5.69 Å². The molecule has 1 atom stereocenters. The summed E-state index contributed by atoms with van der Waals surface area (Å²) in [5.41, 5.74) is 0.516. The monoisotopic (exact) mass is 408 g/mol. The molecular weight excluding hydrogens is 376 g/mol. The number of amides is 1. The second-order valence-corrected chi connectivity index (χ2v) is 9.37. The Balaban J connectivity index is 1.17. The number of fused-ring (bicyclic) bond motifs is 1. The van der Waals surface area contributed by atoms with Crippen molar-refractivity contribution in [1.29, 1.82) is 0 Å². The van der Waals surface area contributed by atoms with Gasteiger partial charge < -0.3 is 14.4 Å². The van der Waals surface area contributed by atoms with Crippen molar-refractivity contribution in [3.63, 3.8) is 0 Å². The maximum absolute atomic E-state index is 13.2. The number of rotatable bonds is 6. The van der Waals surface area contributed by atoms with E-state index in [4.69, 9.17) is 9.47 Å². The minimum Gasteiger partial charge on any atom is -0.381 e. The summed E-state index contributed by atoms with van der Waals surface area (Å²) in [6, 6.07) is 9.94.